The Balaban J connectivity index is 1.91. The Morgan fingerprint density at radius 3 is 2.40 bits per heavy atom. The van der Waals surface area contributed by atoms with Crippen molar-refractivity contribution in [3.8, 4) is 11.3 Å². The number of aromatic nitrogens is 1. The maximum atomic E-state index is 12.3. The summed E-state index contributed by atoms with van der Waals surface area (Å²) in [4.78, 5) is 18.9. The number of nitrogens with zero attached hydrogens (tertiary/aromatic N) is 1. The third kappa shape index (κ3) is 2.64. The fourth-order valence-corrected chi connectivity index (χ4v) is 3.60. The van der Waals surface area contributed by atoms with Crippen LogP contribution in [0.15, 0.2) is 59.5 Å². The number of carbonyl (C=O) groups excluding carboxylic acids is 1. The molecule has 0 spiro atoms. The molecule has 0 bridgehead atoms. The van der Waals surface area contributed by atoms with Crippen LogP contribution in [0.1, 0.15) is 20.5 Å². The summed E-state index contributed by atoms with van der Waals surface area (Å²) in [5.74, 6) is 0.0453. The third-order valence-electron chi connectivity index (χ3n) is 3.08. The van der Waals surface area contributed by atoms with Gasteiger partial charge in [0.15, 0.2) is 0 Å². The molecule has 0 amide bonds. The van der Waals surface area contributed by atoms with E-state index in [9.17, 15) is 4.79 Å². The van der Waals surface area contributed by atoms with Gasteiger partial charge in [-0.1, -0.05) is 0 Å². The molecular formula is C17H13NOSe. The monoisotopic (exact) mass is 327 g/mol. The number of hydrogen-bond acceptors (Lipinski definition) is 2. The molecule has 0 aliphatic rings. The van der Waals surface area contributed by atoms with E-state index < -0.39 is 0 Å². The van der Waals surface area contributed by atoms with Crippen molar-refractivity contribution in [2.45, 2.75) is 6.92 Å². The Kier molecular flexibility index (Phi) is 3.64. The fraction of sp³-hybridized carbons (Fsp3) is 0.0588. The van der Waals surface area contributed by atoms with E-state index in [0.29, 0.717) is 10.1 Å². The average Bonchev–Trinajstić information content (AvgIpc) is 2.98. The van der Waals surface area contributed by atoms with Gasteiger partial charge in [-0.3, -0.25) is 0 Å². The summed E-state index contributed by atoms with van der Waals surface area (Å²) in [6.07, 6.45) is 0. The molecule has 0 unspecified atom stereocenters. The van der Waals surface area contributed by atoms with E-state index >= 15 is 0 Å². The van der Waals surface area contributed by atoms with Crippen molar-refractivity contribution in [3.05, 3.63) is 75.2 Å². The average molecular weight is 326 g/mol. The zero-order chi connectivity index (χ0) is 13.9. The van der Waals surface area contributed by atoms with Crippen LogP contribution in [0.2, 0.25) is 0 Å². The molecule has 0 radical (unpaired) electrons. The minimum absolute atomic E-state index is 0.0210. The number of ketones is 1. The minimum atomic E-state index is 0.0210. The summed E-state index contributed by atoms with van der Waals surface area (Å²) < 4.78 is 0.680. The van der Waals surface area contributed by atoms with Crippen LogP contribution >= 0.6 is 0 Å². The zero-order valence-corrected chi connectivity index (χ0v) is 12.8. The number of aryl methyl sites for hydroxylation is 1. The van der Waals surface area contributed by atoms with Gasteiger partial charge in [0.25, 0.3) is 0 Å². The number of hydrogen-bond donors (Lipinski definition) is 0. The van der Waals surface area contributed by atoms with Gasteiger partial charge in [-0.15, -0.1) is 0 Å². The molecule has 0 aliphatic heterocycles. The number of carbonyl (C=O) groups is 1. The number of rotatable bonds is 3. The fourth-order valence-electron chi connectivity index (χ4n) is 1.95. The van der Waals surface area contributed by atoms with Crippen LogP contribution in [0, 0.1) is 6.92 Å². The third-order valence-corrected chi connectivity index (χ3v) is 4.85. The van der Waals surface area contributed by atoms with Crippen LogP contribution in [0.4, 0.5) is 0 Å². The predicted molar refractivity (Wildman–Crippen MR) is 81.2 cm³/mol. The van der Waals surface area contributed by atoms with Crippen LogP contribution < -0.4 is 0 Å². The van der Waals surface area contributed by atoms with E-state index in [4.69, 9.17) is 0 Å². The molecule has 20 heavy (non-hydrogen) atoms. The second-order valence-corrected chi connectivity index (χ2v) is 6.40. The van der Waals surface area contributed by atoms with Gasteiger partial charge in [0.05, 0.1) is 0 Å². The molecule has 2 aromatic carbocycles. The molecule has 0 saturated heterocycles. The van der Waals surface area contributed by atoms with E-state index in [-0.39, 0.29) is 20.3 Å². The first kappa shape index (κ1) is 13.0. The van der Waals surface area contributed by atoms with Gasteiger partial charge in [-0.05, 0) is 0 Å². The molecule has 3 rings (SSSR count). The molecule has 0 N–H and O–H groups in total. The van der Waals surface area contributed by atoms with Crippen LogP contribution in [-0.2, 0) is 0 Å². The van der Waals surface area contributed by atoms with Gasteiger partial charge in [-0.25, -0.2) is 0 Å². The van der Waals surface area contributed by atoms with Crippen LogP contribution in [-0.4, -0.2) is 25.3 Å². The molecule has 2 nitrogen and oxygen atoms in total. The first-order chi connectivity index (χ1) is 9.74. The Morgan fingerprint density at radius 2 is 1.70 bits per heavy atom. The van der Waals surface area contributed by atoms with Crippen molar-refractivity contribution < 1.29 is 4.79 Å². The molecular weight excluding hydrogens is 313 g/mol. The van der Waals surface area contributed by atoms with Crippen molar-refractivity contribution in [1.82, 2.24) is 4.98 Å². The maximum absolute atomic E-state index is 12.3. The van der Waals surface area contributed by atoms with E-state index in [2.05, 4.69) is 41.1 Å². The van der Waals surface area contributed by atoms with Crippen molar-refractivity contribution >= 4 is 20.3 Å². The molecule has 3 heteroatoms. The molecule has 0 saturated carbocycles. The number of benzene rings is 2. The van der Waals surface area contributed by atoms with Crippen LogP contribution in [0.5, 0.6) is 0 Å². The van der Waals surface area contributed by atoms with Crippen LogP contribution in [0.25, 0.3) is 11.3 Å². The van der Waals surface area contributed by atoms with E-state index in [1.165, 1.54) is 5.56 Å². The Hall–Kier alpha value is -1.96. The molecule has 98 valence electrons. The van der Waals surface area contributed by atoms with E-state index in [1.54, 1.807) is 0 Å². The molecule has 3 aromatic rings. The van der Waals surface area contributed by atoms with E-state index in [1.807, 2.05) is 30.3 Å². The molecule has 0 fully saturated rings. The van der Waals surface area contributed by atoms with Gasteiger partial charge in [0, 0.05) is 0 Å². The topological polar surface area (TPSA) is 30.0 Å². The van der Waals surface area contributed by atoms with Crippen molar-refractivity contribution in [2.75, 3.05) is 0 Å². The van der Waals surface area contributed by atoms with Crippen LogP contribution in [0.3, 0.4) is 0 Å². The van der Waals surface area contributed by atoms with Gasteiger partial charge in [0.2, 0.25) is 0 Å². The first-order valence-electron chi connectivity index (χ1n) is 6.36. The summed E-state index contributed by atoms with van der Waals surface area (Å²) >= 11 is 0.0210. The Bertz CT molecular complexity index is 729. The van der Waals surface area contributed by atoms with Gasteiger partial charge < -0.3 is 0 Å². The molecule has 0 atom stereocenters. The molecule has 1 heterocycles. The summed E-state index contributed by atoms with van der Waals surface area (Å²) in [5.41, 5.74) is 3.94. The second-order valence-electron chi connectivity index (χ2n) is 4.60. The Labute approximate surface area is 123 Å². The SMILES string of the molecule is Cc1ccc(-c2c[se]c(C(=O)c3ccccc3)n2)cc1. The molecule has 0 aliphatic carbocycles. The van der Waals surface area contributed by atoms with Gasteiger partial charge in [0.1, 0.15) is 0 Å². The van der Waals surface area contributed by atoms with Gasteiger partial charge in [-0.2, -0.15) is 0 Å². The van der Waals surface area contributed by atoms with Crippen molar-refractivity contribution in [2.24, 2.45) is 0 Å². The summed E-state index contributed by atoms with van der Waals surface area (Å²) in [5, 5.41) is 0. The summed E-state index contributed by atoms with van der Waals surface area (Å²) in [6, 6.07) is 17.6. The van der Waals surface area contributed by atoms with Crippen molar-refractivity contribution in [3.63, 3.8) is 0 Å². The predicted octanol–water partition coefficient (Wildman–Crippen LogP) is 3.35. The summed E-state index contributed by atoms with van der Waals surface area (Å²) in [7, 11) is 0. The van der Waals surface area contributed by atoms with Gasteiger partial charge >= 0.3 is 123 Å². The van der Waals surface area contributed by atoms with Crippen molar-refractivity contribution in [1.29, 1.82) is 0 Å². The second kappa shape index (κ2) is 5.58. The Morgan fingerprint density at radius 1 is 1.00 bits per heavy atom. The normalized spacial score (nSPS) is 10.4. The quantitative estimate of drug-likeness (QED) is 0.546. The zero-order valence-electron chi connectivity index (χ0n) is 11.0. The standard InChI is InChI=1S/C17H13NOSe/c1-12-7-9-13(10-8-12)15-11-20-17(18-15)16(19)14-5-3-2-4-6-14/h2-11H,1H3. The first-order valence-corrected chi connectivity index (χ1v) is 8.21. The van der Waals surface area contributed by atoms with E-state index in [0.717, 1.165) is 11.3 Å². The molecule has 1 aromatic heterocycles. The summed E-state index contributed by atoms with van der Waals surface area (Å²) in [6.45, 7) is 2.06.